The summed E-state index contributed by atoms with van der Waals surface area (Å²) in [5.74, 6) is 1.15. The Bertz CT molecular complexity index is 1090. The maximum absolute atomic E-state index is 12.2. The van der Waals surface area contributed by atoms with E-state index in [0.717, 1.165) is 5.56 Å². The van der Waals surface area contributed by atoms with Crippen LogP contribution in [0.1, 0.15) is 29.5 Å². The van der Waals surface area contributed by atoms with E-state index in [9.17, 15) is 4.79 Å². The summed E-state index contributed by atoms with van der Waals surface area (Å²) in [7, 11) is 0. The Balaban J connectivity index is 1.52. The second kappa shape index (κ2) is 7.13. The van der Waals surface area contributed by atoms with Crippen LogP contribution < -0.4 is 5.56 Å². The Morgan fingerprint density at radius 3 is 2.69 bits per heavy atom. The lowest BCUT2D eigenvalue weighted by Crippen LogP contribution is -2.12. The van der Waals surface area contributed by atoms with Crippen molar-refractivity contribution in [2.75, 3.05) is 0 Å². The van der Waals surface area contributed by atoms with Crippen molar-refractivity contribution in [3.8, 4) is 0 Å². The first-order valence-electron chi connectivity index (χ1n) is 8.21. The van der Waals surface area contributed by atoms with Crippen molar-refractivity contribution in [2.24, 2.45) is 0 Å². The van der Waals surface area contributed by atoms with Gasteiger partial charge in [0.2, 0.25) is 5.89 Å². The van der Waals surface area contributed by atoms with Gasteiger partial charge in [0.25, 0.3) is 10.8 Å². The summed E-state index contributed by atoms with van der Waals surface area (Å²) >= 11 is 1.37. The van der Waals surface area contributed by atoms with Crippen molar-refractivity contribution in [3.63, 3.8) is 0 Å². The minimum absolute atomic E-state index is 0.127. The van der Waals surface area contributed by atoms with Crippen molar-refractivity contribution in [3.05, 3.63) is 82.2 Å². The van der Waals surface area contributed by atoms with E-state index in [4.69, 9.17) is 4.42 Å². The Labute approximate surface area is 153 Å². The number of hydrogen-bond acceptors (Lipinski definition) is 6. The Morgan fingerprint density at radius 2 is 1.85 bits per heavy atom. The van der Waals surface area contributed by atoms with E-state index in [-0.39, 0.29) is 10.8 Å². The third kappa shape index (κ3) is 3.52. The molecule has 1 atom stereocenters. The van der Waals surface area contributed by atoms with Crippen LogP contribution in [0.4, 0.5) is 0 Å². The summed E-state index contributed by atoms with van der Waals surface area (Å²) in [6.07, 6.45) is 0.591. The molecule has 0 spiro atoms. The Hall–Kier alpha value is -2.93. The predicted octanol–water partition coefficient (Wildman–Crippen LogP) is 3.75. The number of aromatic nitrogens is 4. The van der Waals surface area contributed by atoms with E-state index in [1.165, 1.54) is 11.8 Å². The van der Waals surface area contributed by atoms with Gasteiger partial charge in [-0.15, -0.1) is 10.2 Å². The SMILES string of the molecule is C[C@@H](Sc1nnc(Cc2ccccc2)o1)c1nc2ccccc2c(=O)[nH]1. The van der Waals surface area contributed by atoms with Crippen molar-refractivity contribution in [1.29, 1.82) is 0 Å². The summed E-state index contributed by atoms with van der Waals surface area (Å²) in [6.45, 7) is 1.94. The van der Waals surface area contributed by atoms with Crippen LogP contribution in [0.5, 0.6) is 0 Å². The van der Waals surface area contributed by atoms with Crippen molar-refractivity contribution < 1.29 is 4.42 Å². The Kier molecular flexibility index (Phi) is 4.53. The average molecular weight is 364 g/mol. The van der Waals surface area contributed by atoms with E-state index >= 15 is 0 Å². The number of nitrogens with zero attached hydrogens (tertiary/aromatic N) is 3. The van der Waals surface area contributed by atoms with Gasteiger partial charge in [0.1, 0.15) is 5.82 Å². The quantitative estimate of drug-likeness (QED) is 0.543. The molecule has 7 heteroatoms. The molecule has 0 radical (unpaired) electrons. The van der Waals surface area contributed by atoms with Gasteiger partial charge in [0, 0.05) is 0 Å². The molecule has 2 heterocycles. The summed E-state index contributed by atoms with van der Waals surface area (Å²) < 4.78 is 5.72. The normalized spacial score (nSPS) is 12.3. The lowest BCUT2D eigenvalue weighted by molar-refractivity contribution is 0.419. The number of fused-ring (bicyclic) bond motifs is 1. The molecule has 0 saturated carbocycles. The number of aromatic amines is 1. The fourth-order valence-electron chi connectivity index (χ4n) is 2.63. The van der Waals surface area contributed by atoms with Crippen LogP contribution in [0.25, 0.3) is 10.9 Å². The van der Waals surface area contributed by atoms with Gasteiger partial charge in [-0.2, -0.15) is 0 Å². The van der Waals surface area contributed by atoms with Crippen LogP contribution in [0.3, 0.4) is 0 Å². The number of thioether (sulfide) groups is 1. The summed E-state index contributed by atoms with van der Waals surface area (Å²) in [4.78, 5) is 19.6. The third-order valence-corrected chi connectivity index (χ3v) is 4.88. The highest BCUT2D eigenvalue weighted by atomic mass is 32.2. The maximum Gasteiger partial charge on any atom is 0.277 e. The summed E-state index contributed by atoms with van der Waals surface area (Å²) in [5.41, 5.74) is 1.64. The zero-order valence-electron chi connectivity index (χ0n) is 14.0. The summed E-state index contributed by atoms with van der Waals surface area (Å²) in [6, 6.07) is 17.2. The number of nitrogens with one attached hydrogen (secondary N) is 1. The highest BCUT2D eigenvalue weighted by molar-refractivity contribution is 7.99. The first-order valence-corrected chi connectivity index (χ1v) is 9.09. The molecule has 0 aliphatic rings. The molecule has 2 aromatic heterocycles. The second-order valence-corrected chi connectivity index (χ2v) is 7.14. The number of rotatable bonds is 5. The number of para-hydroxylation sites is 1. The molecule has 26 heavy (non-hydrogen) atoms. The lowest BCUT2D eigenvalue weighted by atomic mass is 10.2. The van der Waals surface area contributed by atoms with Crippen molar-refractivity contribution in [1.82, 2.24) is 20.2 Å². The smallest absolute Gasteiger partial charge is 0.277 e. The minimum atomic E-state index is -0.145. The van der Waals surface area contributed by atoms with Gasteiger partial charge < -0.3 is 9.40 Å². The first-order chi connectivity index (χ1) is 12.7. The van der Waals surface area contributed by atoms with Gasteiger partial charge in [0.15, 0.2) is 0 Å². The second-order valence-electron chi connectivity index (χ2n) is 5.85. The molecule has 0 fully saturated rings. The minimum Gasteiger partial charge on any atom is -0.416 e. The first kappa shape index (κ1) is 16.5. The average Bonchev–Trinajstić information content (AvgIpc) is 3.09. The Morgan fingerprint density at radius 1 is 1.08 bits per heavy atom. The van der Waals surface area contributed by atoms with Gasteiger partial charge in [-0.05, 0) is 24.6 Å². The van der Waals surface area contributed by atoms with E-state index in [1.54, 1.807) is 6.07 Å². The van der Waals surface area contributed by atoms with Crippen LogP contribution in [-0.2, 0) is 6.42 Å². The van der Waals surface area contributed by atoms with Gasteiger partial charge in [-0.25, -0.2) is 4.98 Å². The van der Waals surface area contributed by atoms with Crippen molar-refractivity contribution in [2.45, 2.75) is 23.8 Å². The molecule has 1 N–H and O–H groups in total. The van der Waals surface area contributed by atoms with Gasteiger partial charge in [0.05, 0.1) is 22.6 Å². The van der Waals surface area contributed by atoms with Crippen LogP contribution in [0.15, 0.2) is 69.0 Å². The van der Waals surface area contributed by atoms with E-state index < -0.39 is 0 Å². The topological polar surface area (TPSA) is 84.7 Å². The van der Waals surface area contributed by atoms with Crippen LogP contribution in [0, 0.1) is 0 Å². The lowest BCUT2D eigenvalue weighted by Gasteiger charge is -2.08. The van der Waals surface area contributed by atoms with Crippen LogP contribution in [0.2, 0.25) is 0 Å². The molecule has 4 aromatic rings. The number of benzene rings is 2. The van der Waals surface area contributed by atoms with Crippen molar-refractivity contribution >= 4 is 22.7 Å². The maximum atomic E-state index is 12.2. The largest absolute Gasteiger partial charge is 0.416 e. The molecule has 0 saturated heterocycles. The number of hydrogen-bond donors (Lipinski definition) is 1. The molecule has 0 bridgehead atoms. The van der Waals surface area contributed by atoms with E-state index in [0.29, 0.717) is 34.3 Å². The number of H-pyrrole nitrogens is 1. The molecule has 0 aliphatic heterocycles. The van der Waals surface area contributed by atoms with Gasteiger partial charge in [-0.1, -0.05) is 54.2 Å². The highest BCUT2D eigenvalue weighted by Gasteiger charge is 2.16. The summed E-state index contributed by atoms with van der Waals surface area (Å²) in [5, 5.41) is 9.10. The van der Waals surface area contributed by atoms with Crippen LogP contribution >= 0.6 is 11.8 Å². The van der Waals surface area contributed by atoms with Gasteiger partial charge in [-0.3, -0.25) is 4.79 Å². The molecule has 2 aromatic carbocycles. The predicted molar refractivity (Wildman–Crippen MR) is 100 cm³/mol. The molecule has 130 valence electrons. The molecule has 0 aliphatic carbocycles. The monoisotopic (exact) mass is 364 g/mol. The fourth-order valence-corrected chi connectivity index (χ4v) is 3.39. The molecule has 6 nitrogen and oxygen atoms in total. The molecule has 0 unspecified atom stereocenters. The zero-order valence-corrected chi connectivity index (χ0v) is 14.9. The van der Waals surface area contributed by atoms with E-state index in [1.807, 2.05) is 55.5 Å². The molecule has 0 amide bonds. The van der Waals surface area contributed by atoms with Gasteiger partial charge >= 0.3 is 0 Å². The molecular formula is C19H16N4O2S. The standard InChI is InChI=1S/C19H16N4O2S/c1-12(17-20-15-10-6-5-9-14(15)18(24)21-17)26-19-23-22-16(25-19)11-13-7-3-2-4-8-13/h2-10,12H,11H2,1H3,(H,20,21,24)/t12-/m1/s1. The van der Waals surface area contributed by atoms with Crippen LogP contribution in [-0.4, -0.2) is 20.2 Å². The molecule has 4 rings (SSSR count). The molecular weight excluding hydrogens is 348 g/mol. The zero-order chi connectivity index (χ0) is 17.9. The van der Waals surface area contributed by atoms with E-state index in [2.05, 4.69) is 20.2 Å². The fraction of sp³-hybridized carbons (Fsp3) is 0.158. The third-order valence-electron chi connectivity index (χ3n) is 3.94. The highest BCUT2D eigenvalue weighted by Crippen LogP contribution is 2.32.